The van der Waals surface area contributed by atoms with Crippen LogP contribution in [0.5, 0.6) is 0 Å². The summed E-state index contributed by atoms with van der Waals surface area (Å²) in [6, 6.07) is 5.02. The molecule has 1 saturated heterocycles. The highest BCUT2D eigenvalue weighted by Crippen LogP contribution is 2.21. The Morgan fingerprint density at radius 3 is 3.11 bits per heavy atom. The first-order chi connectivity index (χ1) is 9.20. The Hall–Kier alpha value is -1.54. The second-order valence-corrected chi connectivity index (χ2v) is 4.58. The van der Waals surface area contributed by atoms with Crippen molar-refractivity contribution >= 4 is 23.2 Å². The molecule has 5 heteroatoms. The average molecular weight is 280 g/mol. The molecule has 1 aromatic rings. The molecule has 1 unspecified atom stereocenters. The van der Waals surface area contributed by atoms with Crippen LogP contribution in [0.4, 0.5) is 5.69 Å². The highest BCUT2D eigenvalue weighted by Gasteiger charge is 2.23. The molecule has 0 spiro atoms. The summed E-state index contributed by atoms with van der Waals surface area (Å²) in [5.74, 6) is 5.12. The molecule has 2 N–H and O–H groups in total. The van der Waals surface area contributed by atoms with Gasteiger partial charge in [-0.15, -0.1) is 0 Å². The van der Waals surface area contributed by atoms with Gasteiger partial charge < -0.3 is 15.2 Å². The summed E-state index contributed by atoms with van der Waals surface area (Å²) in [7, 11) is 0. The number of carbonyl (C=O) groups is 1. The molecule has 0 radical (unpaired) electrons. The molecule has 1 aromatic carbocycles. The quantitative estimate of drug-likeness (QED) is 0.812. The summed E-state index contributed by atoms with van der Waals surface area (Å²) >= 11 is 5.89. The minimum absolute atomic E-state index is 0.174. The van der Waals surface area contributed by atoms with Gasteiger partial charge in [0.15, 0.2) is 0 Å². The number of hydrogen-bond acceptors (Lipinski definition) is 3. The van der Waals surface area contributed by atoms with E-state index in [4.69, 9.17) is 21.4 Å². The predicted octanol–water partition coefficient (Wildman–Crippen LogP) is 1.80. The van der Waals surface area contributed by atoms with Crippen LogP contribution >= 0.6 is 11.6 Å². The fourth-order valence-electron chi connectivity index (χ4n) is 1.86. The van der Waals surface area contributed by atoms with Crippen molar-refractivity contribution in [2.24, 2.45) is 0 Å². The van der Waals surface area contributed by atoms with Gasteiger partial charge in [-0.05, 0) is 31.0 Å². The van der Waals surface area contributed by atoms with Crippen molar-refractivity contribution in [3.63, 3.8) is 0 Å². The number of ether oxygens (including phenoxy) is 1. The van der Waals surface area contributed by atoms with Crippen molar-refractivity contribution in [3.05, 3.63) is 28.8 Å². The van der Waals surface area contributed by atoms with Gasteiger partial charge in [-0.1, -0.05) is 23.4 Å². The molecule has 0 saturated carbocycles. The molecule has 4 nitrogen and oxygen atoms in total. The lowest BCUT2D eigenvalue weighted by Crippen LogP contribution is -2.27. The zero-order valence-electron chi connectivity index (χ0n) is 10.3. The smallest absolute Gasteiger partial charge is 0.253 e. The summed E-state index contributed by atoms with van der Waals surface area (Å²) < 4.78 is 5.32. The molecule has 0 bridgehead atoms. The van der Waals surface area contributed by atoms with E-state index in [1.54, 1.807) is 18.2 Å². The topological polar surface area (TPSA) is 58.6 Å². The highest BCUT2D eigenvalue weighted by atomic mass is 35.5. The monoisotopic (exact) mass is 279 g/mol. The standard InChI is InChI=1S/C14H14ClNO3/c15-11-5-6-12(10(9-11)3-1-7-17)16-14(18)13-4-2-8-19-13/h5-6,9,13,17H,2,4,7-8H2,(H,16,18). The van der Waals surface area contributed by atoms with Crippen molar-refractivity contribution in [1.29, 1.82) is 0 Å². The van der Waals surface area contributed by atoms with E-state index in [0.717, 1.165) is 12.8 Å². The van der Waals surface area contributed by atoms with Gasteiger partial charge in [0, 0.05) is 17.2 Å². The van der Waals surface area contributed by atoms with Crippen molar-refractivity contribution < 1.29 is 14.6 Å². The van der Waals surface area contributed by atoms with Crippen LogP contribution in [-0.2, 0) is 9.53 Å². The molecule has 1 amide bonds. The van der Waals surface area contributed by atoms with Crippen molar-refractivity contribution in [1.82, 2.24) is 0 Å². The maximum atomic E-state index is 12.0. The highest BCUT2D eigenvalue weighted by molar-refractivity contribution is 6.30. The molecule has 1 aliphatic rings. The van der Waals surface area contributed by atoms with E-state index >= 15 is 0 Å². The van der Waals surface area contributed by atoms with Gasteiger partial charge in [0.25, 0.3) is 5.91 Å². The molecule has 1 fully saturated rings. The minimum Gasteiger partial charge on any atom is -0.384 e. The van der Waals surface area contributed by atoms with Gasteiger partial charge in [0.05, 0.1) is 5.69 Å². The largest absolute Gasteiger partial charge is 0.384 e. The normalized spacial score (nSPS) is 17.7. The molecule has 19 heavy (non-hydrogen) atoms. The molecular weight excluding hydrogens is 266 g/mol. The number of amides is 1. The van der Waals surface area contributed by atoms with E-state index in [0.29, 0.717) is 22.9 Å². The van der Waals surface area contributed by atoms with Crippen LogP contribution in [0.25, 0.3) is 0 Å². The molecular formula is C14H14ClNO3. The molecule has 0 aliphatic carbocycles. The van der Waals surface area contributed by atoms with Gasteiger partial charge >= 0.3 is 0 Å². The first kappa shape index (κ1) is 13.9. The van der Waals surface area contributed by atoms with Gasteiger partial charge in [0.2, 0.25) is 0 Å². The number of aliphatic hydroxyl groups excluding tert-OH is 1. The number of hydrogen-bond donors (Lipinski definition) is 2. The predicted molar refractivity (Wildman–Crippen MR) is 73.0 cm³/mol. The third-order valence-corrected chi connectivity index (χ3v) is 3.00. The zero-order chi connectivity index (χ0) is 13.7. The van der Waals surface area contributed by atoms with E-state index in [9.17, 15) is 4.79 Å². The van der Waals surface area contributed by atoms with Crippen molar-refractivity contribution in [2.45, 2.75) is 18.9 Å². The van der Waals surface area contributed by atoms with Gasteiger partial charge in [-0.25, -0.2) is 0 Å². The van der Waals surface area contributed by atoms with Gasteiger partial charge in [-0.2, -0.15) is 0 Å². The van der Waals surface area contributed by atoms with Gasteiger partial charge in [0.1, 0.15) is 12.7 Å². The Balaban J connectivity index is 2.16. The Morgan fingerprint density at radius 2 is 2.42 bits per heavy atom. The van der Waals surface area contributed by atoms with E-state index in [1.807, 2.05) is 0 Å². The summed E-state index contributed by atoms with van der Waals surface area (Å²) in [4.78, 5) is 12.0. The van der Waals surface area contributed by atoms with Crippen LogP contribution in [0, 0.1) is 11.8 Å². The zero-order valence-corrected chi connectivity index (χ0v) is 11.0. The van der Waals surface area contributed by atoms with E-state index in [-0.39, 0.29) is 12.5 Å². The fraction of sp³-hybridized carbons (Fsp3) is 0.357. The van der Waals surface area contributed by atoms with Crippen molar-refractivity contribution in [2.75, 3.05) is 18.5 Å². The third-order valence-electron chi connectivity index (χ3n) is 2.76. The van der Waals surface area contributed by atoms with Crippen LogP contribution in [-0.4, -0.2) is 30.3 Å². The Kier molecular flexibility index (Phi) is 4.80. The number of anilines is 1. The molecule has 1 heterocycles. The Morgan fingerprint density at radius 1 is 1.58 bits per heavy atom. The minimum atomic E-state index is -0.394. The summed E-state index contributed by atoms with van der Waals surface area (Å²) in [6.45, 7) is 0.377. The lowest BCUT2D eigenvalue weighted by Gasteiger charge is -2.12. The lowest BCUT2D eigenvalue weighted by molar-refractivity contribution is -0.124. The number of benzene rings is 1. The maximum Gasteiger partial charge on any atom is 0.253 e. The van der Waals surface area contributed by atoms with Crippen LogP contribution in [0.1, 0.15) is 18.4 Å². The second kappa shape index (κ2) is 6.58. The first-order valence-corrected chi connectivity index (χ1v) is 6.40. The van der Waals surface area contributed by atoms with Crippen LogP contribution in [0.3, 0.4) is 0 Å². The maximum absolute atomic E-state index is 12.0. The summed E-state index contributed by atoms with van der Waals surface area (Å²) in [6.07, 6.45) is 1.24. The summed E-state index contributed by atoms with van der Waals surface area (Å²) in [5.41, 5.74) is 1.15. The van der Waals surface area contributed by atoms with Gasteiger partial charge in [-0.3, -0.25) is 4.79 Å². The van der Waals surface area contributed by atoms with E-state index in [1.165, 1.54) is 0 Å². The average Bonchev–Trinajstić information content (AvgIpc) is 2.93. The number of carbonyl (C=O) groups excluding carboxylic acids is 1. The SMILES string of the molecule is O=C(Nc1ccc(Cl)cc1C#CCO)C1CCCO1. The van der Waals surface area contributed by atoms with Crippen molar-refractivity contribution in [3.8, 4) is 11.8 Å². The number of rotatable bonds is 2. The van der Waals surface area contributed by atoms with Crippen LogP contribution < -0.4 is 5.32 Å². The third kappa shape index (κ3) is 3.71. The second-order valence-electron chi connectivity index (χ2n) is 4.14. The molecule has 1 aliphatic heterocycles. The Bertz CT molecular complexity index is 527. The molecule has 2 rings (SSSR count). The van der Waals surface area contributed by atoms with Crippen LogP contribution in [0.2, 0.25) is 5.02 Å². The Labute approximate surface area is 116 Å². The van der Waals surface area contributed by atoms with E-state index in [2.05, 4.69) is 17.2 Å². The molecule has 0 aromatic heterocycles. The number of nitrogens with one attached hydrogen (secondary N) is 1. The number of aliphatic hydroxyl groups is 1. The molecule has 1 atom stereocenters. The number of halogens is 1. The molecule has 100 valence electrons. The summed E-state index contributed by atoms with van der Waals surface area (Å²) in [5, 5.41) is 12.0. The fourth-order valence-corrected chi connectivity index (χ4v) is 2.03. The van der Waals surface area contributed by atoms with E-state index < -0.39 is 6.10 Å². The lowest BCUT2D eigenvalue weighted by atomic mass is 10.1. The first-order valence-electron chi connectivity index (χ1n) is 6.02. The van der Waals surface area contributed by atoms with Crippen LogP contribution in [0.15, 0.2) is 18.2 Å².